The molecular weight excluding hydrogens is 396 g/mol. The number of nitrogens with one attached hydrogen (secondary N) is 1. The van der Waals surface area contributed by atoms with Gasteiger partial charge in [0.2, 0.25) is 5.89 Å². The summed E-state index contributed by atoms with van der Waals surface area (Å²) in [6.45, 7) is 0. The third-order valence-electron chi connectivity index (χ3n) is 5.12. The molecule has 4 nitrogen and oxygen atoms in total. The molecule has 4 heteroatoms. The van der Waals surface area contributed by atoms with Gasteiger partial charge in [-0.15, -0.1) is 0 Å². The van der Waals surface area contributed by atoms with E-state index in [1.54, 1.807) is 0 Å². The molecule has 0 unspecified atom stereocenters. The minimum atomic E-state index is -0.124. The van der Waals surface area contributed by atoms with Gasteiger partial charge >= 0.3 is 0 Å². The summed E-state index contributed by atoms with van der Waals surface area (Å²) >= 11 is 0. The van der Waals surface area contributed by atoms with Crippen molar-refractivity contribution >= 4 is 34.8 Å². The van der Waals surface area contributed by atoms with Gasteiger partial charge in [0.15, 0.2) is 5.58 Å². The smallest absolute Gasteiger partial charge is 0.255 e. The molecule has 0 saturated heterocycles. The molecule has 0 radical (unpaired) electrons. The molecule has 0 fully saturated rings. The number of rotatable bonds is 5. The van der Waals surface area contributed by atoms with Crippen molar-refractivity contribution in [2.75, 3.05) is 5.32 Å². The second kappa shape index (κ2) is 8.74. The van der Waals surface area contributed by atoms with Crippen LogP contribution < -0.4 is 5.32 Å². The second-order valence-corrected chi connectivity index (χ2v) is 7.38. The van der Waals surface area contributed by atoms with Crippen molar-refractivity contribution < 1.29 is 9.21 Å². The highest BCUT2D eigenvalue weighted by Gasteiger charge is 2.07. The molecule has 1 N–H and O–H groups in total. The monoisotopic (exact) mass is 416 g/mol. The van der Waals surface area contributed by atoms with Gasteiger partial charge < -0.3 is 9.73 Å². The summed E-state index contributed by atoms with van der Waals surface area (Å²) < 4.78 is 5.83. The summed E-state index contributed by atoms with van der Waals surface area (Å²) in [5.41, 5.74) is 6.06. The Hall–Kier alpha value is -4.44. The Kier molecular flexibility index (Phi) is 5.33. The van der Waals surface area contributed by atoms with E-state index in [1.807, 2.05) is 115 Å². The Labute approximate surface area is 185 Å². The highest BCUT2D eigenvalue weighted by atomic mass is 16.3. The summed E-state index contributed by atoms with van der Waals surface area (Å²) in [6, 6.07) is 32.8. The fraction of sp³-hybridized carbons (Fsp3) is 0. The molecule has 0 bridgehead atoms. The maximum atomic E-state index is 12.4. The second-order valence-electron chi connectivity index (χ2n) is 7.38. The van der Waals surface area contributed by atoms with E-state index in [0.29, 0.717) is 11.5 Å². The first kappa shape index (κ1) is 19.5. The molecule has 154 valence electrons. The topological polar surface area (TPSA) is 55.1 Å². The number of anilines is 1. The van der Waals surface area contributed by atoms with Crippen molar-refractivity contribution in [3.05, 3.63) is 120 Å². The molecule has 5 rings (SSSR count). The maximum Gasteiger partial charge on any atom is 0.255 e. The highest BCUT2D eigenvalue weighted by Crippen LogP contribution is 2.24. The number of carbonyl (C=O) groups excluding carboxylic acids is 1. The number of nitrogens with zero attached hydrogens (tertiary/aromatic N) is 1. The maximum absolute atomic E-state index is 12.4. The van der Waals surface area contributed by atoms with E-state index in [0.717, 1.165) is 33.5 Å². The first-order chi connectivity index (χ1) is 15.7. The van der Waals surface area contributed by atoms with Crippen molar-refractivity contribution in [3.8, 4) is 11.5 Å². The van der Waals surface area contributed by atoms with Crippen molar-refractivity contribution in [2.24, 2.45) is 0 Å². The van der Waals surface area contributed by atoms with E-state index in [2.05, 4.69) is 10.3 Å². The van der Waals surface area contributed by atoms with Crippen LogP contribution >= 0.6 is 0 Å². The quantitative estimate of drug-likeness (QED) is 0.317. The Balaban J connectivity index is 1.25. The van der Waals surface area contributed by atoms with Crippen LogP contribution in [-0.4, -0.2) is 10.9 Å². The average Bonchev–Trinajstić information content (AvgIpc) is 3.28. The first-order valence-electron chi connectivity index (χ1n) is 10.4. The number of para-hydroxylation sites is 3. The van der Waals surface area contributed by atoms with E-state index in [4.69, 9.17) is 4.42 Å². The number of oxazole rings is 1. The molecule has 1 amide bonds. The van der Waals surface area contributed by atoms with Crippen LogP contribution in [-0.2, 0) is 0 Å². The molecule has 0 aliphatic carbocycles. The molecule has 0 saturated carbocycles. The molecule has 0 atom stereocenters. The van der Waals surface area contributed by atoms with Crippen molar-refractivity contribution in [3.63, 3.8) is 0 Å². The number of carbonyl (C=O) groups is 1. The van der Waals surface area contributed by atoms with Gasteiger partial charge in [-0.3, -0.25) is 4.79 Å². The van der Waals surface area contributed by atoms with Crippen LogP contribution in [0.4, 0.5) is 5.69 Å². The zero-order valence-corrected chi connectivity index (χ0v) is 17.2. The SMILES string of the molecule is O=C(Nc1ccccc1)c1ccc(/C=C/c2ccc(-c3nc4ccccc4o3)cc2)cc1. The van der Waals surface area contributed by atoms with Gasteiger partial charge in [0.25, 0.3) is 5.91 Å². The van der Waals surface area contributed by atoms with Gasteiger partial charge in [-0.05, 0) is 59.7 Å². The first-order valence-corrected chi connectivity index (χ1v) is 10.4. The number of benzene rings is 4. The number of amides is 1. The fourth-order valence-electron chi connectivity index (χ4n) is 3.40. The molecule has 5 aromatic rings. The van der Waals surface area contributed by atoms with Crippen LogP contribution in [0, 0.1) is 0 Å². The lowest BCUT2D eigenvalue weighted by molar-refractivity contribution is 0.102. The molecule has 0 aliphatic heterocycles. The zero-order chi connectivity index (χ0) is 21.8. The molecule has 1 aromatic heterocycles. The molecule has 32 heavy (non-hydrogen) atoms. The van der Waals surface area contributed by atoms with Crippen LogP contribution in [0.2, 0.25) is 0 Å². The minimum absolute atomic E-state index is 0.124. The number of fused-ring (bicyclic) bond motifs is 1. The molecular formula is C28H20N2O2. The summed E-state index contributed by atoms with van der Waals surface area (Å²) in [4.78, 5) is 16.9. The zero-order valence-electron chi connectivity index (χ0n) is 17.2. The fourth-order valence-corrected chi connectivity index (χ4v) is 3.40. The largest absolute Gasteiger partial charge is 0.436 e. The summed E-state index contributed by atoms with van der Waals surface area (Å²) in [7, 11) is 0. The average molecular weight is 416 g/mol. The Bertz CT molecular complexity index is 1350. The number of hydrogen-bond acceptors (Lipinski definition) is 3. The van der Waals surface area contributed by atoms with Crippen LogP contribution in [0.3, 0.4) is 0 Å². The van der Waals surface area contributed by atoms with Crippen LogP contribution in [0.1, 0.15) is 21.5 Å². The summed E-state index contributed by atoms with van der Waals surface area (Å²) in [6.07, 6.45) is 4.06. The standard InChI is InChI=1S/C28H20N2O2/c31-27(29-24-6-2-1-3-7-24)22-16-12-20(13-17-22)10-11-21-14-18-23(19-15-21)28-30-25-8-4-5-9-26(25)32-28/h1-19H,(H,29,31)/b11-10+. The Morgan fingerprint density at radius 2 is 1.34 bits per heavy atom. The van der Waals surface area contributed by atoms with E-state index in [-0.39, 0.29) is 5.91 Å². The molecule has 1 heterocycles. The van der Waals surface area contributed by atoms with Crippen LogP contribution in [0.5, 0.6) is 0 Å². The molecule has 0 aliphatic rings. The summed E-state index contributed by atoms with van der Waals surface area (Å²) in [5.74, 6) is 0.493. The van der Waals surface area contributed by atoms with E-state index in [1.165, 1.54) is 0 Å². The number of hydrogen-bond donors (Lipinski definition) is 1. The predicted octanol–water partition coefficient (Wildman–Crippen LogP) is 6.92. The van der Waals surface area contributed by atoms with Crippen molar-refractivity contribution in [1.29, 1.82) is 0 Å². The van der Waals surface area contributed by atoms with Gasteiger partial charge in [0.1, 0.15) is 5.52 Å². The Morgan fingerprint density at radius 3 is 2.03 bits per heavy atom. The van der Waals surface area contributed by atoms with Crippen LogP contribution in [0.25, 0.3) is 34.7 Å². The third-order valence-corrected chi connectivity index (χ3v) is 5.12. The normalized spacial score (nSPS) is 11.1. The van der Waals surface area contributed by atoms with Gasteiger partial charge in [-0.2, -0.15) is 0 Å². The molecule has 4 aromatic carbocycles. The summed E-state index contributed by atoms with van der Waals surface area (Å²) in [5, 5.41) is 2.89. The van der Waals surface area contributed by atoms with Gasteiger partial charge in [-0.25, -0.2) is 4.98 Å². The third kappa shape index (κ3) is 4.35. The van der Waals surface area contributed by atoms with E-state index in [9.17, 15) is 4.79 Å². The van der Waals surface area contributed by atoms with Crippen molar-refractivity contribution in [2.45, 2.75) is 0 Å². The minimum Gasteiger partial charge on any atom is -0.436 e. The lowest BCUT2D eigenvalue weighted by atomic mass is 10.1. The van der Waals surface area contributed by atoms with E-state index < -0.39 is 0 Å². The van der Waals surface area contributed by atoms with Gasteiger partial charge in [0.05, 0.1) is 0 Å². The highest BCUT2D eigenvalue weighted by molar-refractivity contribution is 6.04. The predicted molar refractivity (Wildman–Crippen MR) is 129 cm³/mol. The lowest BCUT2D eigenvalue weighted by Crippen LogP contribution is -2.11. The van der Waals surface area contributed by atoms with Gasteiger partial charge in [-0.1, -0.05) is 66.7 Å². The van der Waals surface area contributed by atoms with Crippen LogP contribution in [0.15, 0.2) is 108 Å². The van der Waals surface area contributed by atoms with Gasteiger partial charge in [0, 0.05) is 16.8 Å². The van der Waals surface area contributed by atoms with Crippen molar-refractivity contribution in [1.82, 2.24) is 4.98 Å². The Morgan fingerprint density at radius 1 is 0.719 bits per heavy atom. The lowest BCUT2D eigenvalue weighted by Gasteiger charge is -2.05. The van der Waals surface area contributed by atoms with E-state index >= 15 is 0 Å². The number of aromatic nitrogens is 1. The molecule has 0 spiro atoms.